The molecule has 0 fully saturated rings. The Labute approximate surface area is 117 Å². The number of benzene rings is 1. The van der Waals surface area contributed by atoms with Crippen LogP contribution in [0.15, 0.2) is 16.6 Å². The van der Waals surface area contributed by atoms with Crippen molar-refractivity contribution in [1.29, 1.82) is 0 Å². The fraction of sp³-hybridized carbons (Fsp3) is 0.500. The number of phenolic OH excluding ortho intramolecular Hbond substituents is 1. The summed E-state index contributed by atoms with van der Waals surface area (Å²) in [5.74, 6) is -0.898. The molecule has 0 unspecified atom stereocenters. The number of hydrogen-bond donors (Lipinski definition) is 3. The smallest absolute Gasteiger partial charge is 0.420 e. The second-order valence-electron chi connectivity index (χ2n) is 5.01. The molecule has 0 radical (unpaired) electrons. The minimum absolute atomic E-state index is 0.0549. The van der Waals surface area contributed by atoms with Gasteiger partial charge in [0, 0.05) is 28.1 Å². The summed E-state index contributed by atoms with van der Waals surface area (Å²) in [5.41, 5.74) is 3.79. The number of aromatic hydroxyl groups is 1. The molecule has 4 N–H and O–H groups in total. The maximum absolute atomic E-state index is 12.8. The summed E-state index contributed by atoms with van der Waals surface area (Å²) in [6, 6.07) is 1.18. The van der Waals surface area contributed by atoms with Crippen molar-refractivity contribution in [1.82, 2.24) is 0 Å². The van der Waals surface area contributed by atoms with E-state index in [4.69, 9.17) is 5.73 Å². The number of phenols is 1. The van der Waals surface area contributed by atoms with Crippen LogP contribution >= 0.6 is 15.9 Å². The molecule has 1 aromatic rings. The van der Waals surface area contributed by atoms with Gasteiger partial charge in [-0.15, -0.1) is 0 Å². The average Bonchev–Trinajstić information content (AvgIpc) is 2.29. The van der Waals surface area contributed by atoms with Gasteiger partial charge in [-0.25, -0.2) is 0 Å². The molecule has 0 aromatic heterocycles. The molecule has 3 nitrogen and oxygen atoms in total. The Balaban J connectivity index is 3.42. The second-order valence-corrected chi connectivity index (χ2v) is 5.93. The molecule has 0 heterocycles. The van der Waals surface area contributed by atoms with Crippen molar-refractivity contribution in [3.05, 3.63) is 27.7 Å². The third-order valence-electron chi connectivity index (χ3n) is 2.99. The van der Waals surface area contributed by atoms with Crippen LogP contribution in [0.4, 0.5) is 13.2 Å². The number of nitrogens with two attached hydrogens (primary N) is 1. The van der Waals surface area contributed by atoms with Crippen molar-refractivity contribution in [2.24, 2.45) is 11.1 Å². The van der Waals surface area contributed by atoms with E-state index in [1.54, 1.807) is 13.8 Å². The van der Waals surface area contributed by atoms with E-state index < -0.39 is 28.9 Å². The van der Waals surface area contributed by atoms with Crippen LogP contribution in [0.3, 0.4) is 0 Å². The monoisotopic (exact) mass is 341 g/mol. The first-order valence-electron chi connectivity index (χ1n) is 5.46. The molecule has 0 aliphatic carbocycles. The topological polar surface area (TPSA) is 66.5 Å². The summed E-state index contributed by atoms with van der Waals surface area (Å²) in [6.45, 7) is 2.89. The second kappa shape index (κ2) is 5.30. The van der Waals surface area contributed by atoms with Gasteiger partial charge in [-0.05, 0) is 12.1 Å². The zero-order valence-electron chi connectivity index (χ0n) is 10.4. The fourth-order valence-corrected chi connectivity index (χ4v) is 2.07. The average molecular weight is 342 g/mol. The van der Waals surface area contributed by atoms with Crippen molar-refractivity contribution in [3.8, 4) is 5.75 Å². The number of aliphatic hydroxyl groups is 1. The molecule has 0 saturated heterocycles. The summed E-state index contributed by atoms with van der Waals surface area (Å²) < 4.78 is 38.5. The standard InChI is InChI=1S/C12H15BrF3NO2/c1-11(2,5-18)10(17)7-3-6(13)4-8(9(7)19)12(14,15)16/h3-4,10,18-19H,5,17H2,1-2H3/t10-/m0/s1. The van der Waals surface area contributed by atoms with E-state index in [9.17, 15) is 23.4 Å². The molecule has 7 heteroatoms. The Morgan fingerprint density at radius 1 is 1.32 bits per heavy atom. The lowest BCUT2D eigenvalue weighted by Crippen LogP contribution is -2.32. The van der Waals surface area contributed by atoms with Crippen LogP contribution in [-0.2, 0) is 6.18 Å². The molecule has 0 saturated carbocycles. The summed E-state index contributed by atoms with van der Waals surface area (Å²) in [5, 5.41) is 19.0. The summed E-state index contributed by atoms with van der Waals surface area (Å²) >= 11 is 2.97. The number of hydrogen-bond acceptors (Lipinski definition) is 3. The highest BCUT2D eigenvalue weighted by molar-refractivity contribution is 9.10. The first-order valence-corrected chi connectivity index (χ1v) is 6.26. The predicted molar refractivity (Wildman–Crippen MR) is 68.6 cm³/mol. The van der Waals surface area contributed by atoms with E-state index in [1.165, 1.54) is 6.07 Å². The van der Waals surface area contributed by atoms with Crippen molar-refractivity contribution < 1.29 is 23.4 Å². The highest BCUT2D eigenvalue weighted by Gasteiger charge is 2.38. The van der Waals surface area contributed by atoms with Crippen molar-refractivity contribution in [2.45, 2.75) is 26.1 Å². The molecule has 0 aliphatic heterocycles. The summed E-state index contributed by atoms with van der Waals surface area (Å²) in [7, 11) is 0. The van der Waals surface area contributed by atoms with Crippen molar-refractivity contribution >= 4 is 15.9 Å². The highest BCUT2D eigenvalue weighted by atomic mass is 79.9. The maximum atomic E-state index is 12.8. The number of aliphatic hydroxyl groups excluding tert-OH is 1. The van der Waals surface area contributed by atoms with Crippen LogP contribution in [-0.4, -0.2) is 16.8 Å². The largest absolute Gasteiger partial charge is 0.507 e. The molecular formula is C12H15BrF3NO2. The highest BCUT2D eigenvalue weighted by Crippen LogP contribution is 2.44. The maximum Gasteiger partial charge on any atom is 0.420 e. The Bertz CT molecular complexity index is 475. The third-order valence-corrected chi connectivity index (χ3v) is 3.45. The van der Waals surface area contributed by atoms with Gasteiger partial charge < -0.3 is 15.9 Å². The van der Waals surface area contributed by atoms with Crippen LogP contribution in [0, 0.1) is 5.41 Å². The molecule has 108 valence electrons. The van der Waals surface area contributed by atoms with E-state index in [-0.39, 0.29) is 16.6 Å². The van der Waals surface area contributed by atoms with Gasteiger partial charge in [-0.2, -0.15) is 13.2 Å². The number of halogens is 4. The van der Waals surface area contributed by atoms with Crippen LogP contribution in [0.25, 0.3) is 0 Å². The van der Waals surface area contributed by atoms with Gasteiger partial charge in [0.05, 0.1) is 5.56 Å². The molecule has 0 bridgehead atoms. The molecule has 0 amide bonds. The first-order chi connectivity index (χ1) is 8.50. The van der Waals surface area contributed by atoms with Crippen LogP contribution in [0.2, 0.25) is 0 Å². The zero-order valence-corrected chi connectivity index (χ0v) is 12.0. The first kappa shape index (κ1) is 16.3. The van der Waals surface area contributed by atoms with Gasteiger partial charge in [0.15, 0.2) is 0 Å². The molecule has 1 aromatic carbocycles. The Morgan fingerprint density at radius 2 is 1.84 bits per heavy atom. The normalized spacial score (nSPS) is 14.5. The Hall–Kier alpha value is -0.790. The quantitative estimate of drug-likeness (QED) is 0.790. The van der Waals surface area contributed by atoms with Crippen molar-refractivity contribution in [3.63, 3.8) is 0 Å². The van der Waals surface area contributed by atoms with E-state index in [1.807, 2.05) is 0 Å². The molecular weight excluding hydrogens is 327 g/mol. The third kappa shape index (κ3) is 3.40. The summed E-state index contributed by atoms with van der Waals surface area (Å²) in [4.78, 5) is 0. The molecule has 1 atom stereocenters. The lowest BCUT2D eigenvalue weighted by Gasteiger charge is -2.31. The van der Waals surface area contributed by atoms with Crippen LogP contribution in [0.5, 0.6) is 5.75 Å². The van der Waals surface area contributed by atoms with E-state index in [0.717, 1.165) is 6.07 Å². The predicted octanol–water partition coefficient (Wildman–Crippen LogP) is 3.19. The lowest BCUT2D eigenvalue weighted by atomic mass is 9.81. The van der Waals surface area contributed by atoms with Crippen LogP contribution in [0.1, 0.15) is 31.0 Å². The van der Waals surface area contributed by atoms with Gasteiger partial charge in [0.1, 0.15) is 5.75 Å². The van der Waals surface area contributed by atoms with Gasteiger partial charge in [-0.3, -0.25) is 0 Å². The Kier molecular flexibility index (Phi) is 4.54. The van der Waals surface area contributed by atoms with Gasteiger partial charge in [-0.1, -0.05) is 29.8 Å². The molecule has 0 spiro atoms. The number of alkyl halides is 3. The fourth-order valence-electron chi connectivity index (χ4n) is 1.59. The lowest BCUT2D eigenvalue weighted by molar-refractivity contribution is -0.138. The minimum atomic E-state index is -4.67. The molecule has 0 aliphatic rings. The van der Waals surface area contributed by atoms with Gasteiger partial charge >= 0.3 is 6.18 Å². The SMILES string of the molecule is CC(C)(CO)[C@@H](N)c1cc(Br)cc(C(F)(F)F)c1O. The minimum Gasteiger partial charge on any atom is -0.507 e. The van der Waals surface area contributed by atoms with E-state index >= 15 is 0 Å². The zero-order chi connectivity index (χ0) is 15.0. The van der Waals surface area contributed by atoms with Crippen molar-refractivity contribution in [2.75, 3.05) is 6.61 Å². The molecule has 19 heavy (non-hydrogen) atoms. The molecule has 1 rings (SSSR count). The van der Waals surface area contributed by atoms with E-state index in [0.29, 0.717) is 0 Å². The number of rotatable bonds is 3. The van der Waals surface area contributed by atoms with E-state index in [2.05, 4.69) is 15.9 Å². The Morgan fingerprint density at radius 3 is 2.26 bits per heavy atom. The van der Waals surface area contributed by atoms with Crippen LogP contribution < -0.4 is 5.73 Å². The van der Waals surface area contributed by atoms with Gasteiger partial charge in [0.25, 0.3) is 0 Å². The van der Waals surface area contributed by atoms with Gasteiger partial charge in [0.2, 0.25) is 0 Å². The summed E-state index contributed by atoms with van der Waals surface area (Å²) in [6.07, 6.45) is -4.67.